The number of aromatic nitrogens is 1. The molecule has 1 aromatic rings. The number of hydrogen-bond acceptors (Lipinski definition) is 4. The van der Waals surface area contributed by atoms with Gasteiger partial charge in [0.05, 0.1) is 17.8 Å². The zero-order valence-corrected chi connectivity index (χ0v) is 13.9. The number of rotatable bonds is 6. The SMILES string of the molecule is CCc1nc(C2(NCCOC)CCCCCC2)sc1C. The zero-order valence-electron chi connectivity index (χ0n) is 13.1. The molecule has 0 atom stereocenters. The van der Waals surface area contributed by atoms with Gasteiger partial charge in [0.15, 0.2) is 0 Å². The van der Waals surface area contributed by atoms with E-state index in [9.17, 15) is 0 Å². The maximum absolute atomic E-state index is 5.22. The van der Waals surface area contributed by atoms with Gasteiger partial charge in [-0.15, -0.1) is 11.3 Å². The van der Waals surface area contributed by atoms with E-state index in [1.165, 1.54) is 54.1 Å². The Morgan fingerprint density at radius 1 is 1.25 bits per heavy atom. The van der Waals surface area contributed by atoms with Crippen molar-refractivity contribution in [2.24, 2.45) is 0 Å². The lowest BCUT2D eigenvalue weighted by Crippen LogP contribution is -2.43. The van der Waals surface area contributed by atoms with E-state index in [1.54, 1.807) is 7.11 Å². The van der Waals surface area contributed by atoms with Crippen LogP contribution >= 0.6 is 11.3 Å². The second-order valence-corrected chi connectivity index (χ2v) is 6.99. The van der Waals surface area contributed by atoms with E-state index in [0.29, 0.717) is 0 Å². The smallest absolute Gasteiger partial charge is 0.113 e. The number of thiazole rings is 1. The highest BCUT2D eigenvalue weighted by molar-refractivity contribution is 7.11. The first-order valence-corrected chi connectivity index (χ1v) is 8.74. The van der Waals surface area contributed by atoms with Crippen LogP contribution in [0, 0.1) is 6.92 Å². The second-order valence-electron chi connectivity index (χ2n) is 5.79. The normalized spacial score (nSPS) is 18.9. The largest absolute Gasteiger partial charge is 0.383 e. The van der Waals surface area contributed by atoms with Crippen molar-refractivity contribution in [2.75, 3.05) is 20.3 Å². The molecule has 1 N–H and O–H groups in total. The van der Waals surface area contributed by atoms with E-state index in [2.05, 4.69) is 19.2 Å². The molecule has 0 aliphatic heterocycles. The van der Waals surface area contributed by atoms with Gasteiger partial charge in [-0.3, -0.25) is 0 Å². The average Bonchev–Trinajstić information content (AvgIpc) is 2.68. The van der Waals surface area contributed by atoms with Crippen LogP contribution < -0.4 is 5.32 Å². The lowest BCUT2D eigenvalue weighted by molar-refractivity contribution is 0.177. The number of nitrogens with zero attached hydrogens (tertiary/aromatic N) is 1. The van der Waals surface area contributed by atoms with Gasteiger partial charge in [0, 0.05) is 18.5 Å². The number of ether oxygens (including phenoxy) is 1. The highest BCUT2D eigenvalue weighted by atomic mass is 32.1. The van der Waals surface area contributed by atoms with Gasteiger partial charge in [-0.25, -0.2) is 4.98 Å². The monoisotopic (exact) mass is 296 g/mol. The molecule has 1 saturated carbocycles. The first kappa shape index (κ1) is 15.9. The van der Waals surface area contributed by atoms with Crippen molar-refractivity contribution >= 4 is 11.3 Å². The summed E-state index contributed by atoms with van der Waals surface area (Å²) in [6.07, 6.45) is 8.80. The summed E-state index contributed by atoms with van der Waals surface area (Å²) < 4.78 is 5.22. The summed E-state index contributed by atoms with van der Waals surface area (Å²) in [6, 6.07) is 0. The molecule has 0 bridgehead atoms. The lowest BCUT2D eigenvalue weighted by atomic mass is 9.90. The Balaban J connectivity index is 2.23. The van der Waals surface area contributed by atoms with E-state index in [0.717, 1.165) is 19.6 Å². The van der Waals surface area contributed by atoms with Crippen LogP contribution in [0.5, 0.6) is 0 Å². The Bertz CT molecular complexity index is 409. The zero-order chi connectivity index (χ0) is 14.4. The highest BCUT2D eigenvalue weighted by Gasteiger charge is 2.35. The molecular weight excluding hydrogens is 268 g/mol. The molecule has 114 valence electrons. The minimum atomic E-state index is 0.0951. The number of methoxy groups -OCH3 is 1. The molecule has 0 spiro atoms. The molecule has 0 saturated heterocycles. The summed E-state index contributed by atoms with van der Waals surface area (Å²) in [5.41, 5.74) is 1.37. The Kier molecular flexibility index (Phi) is 6.00. The lowest BCUT2D eigenvalue weighted by Gasteiger charge is -2.32. The van der Waals surface area contributed by atoms with Crippen LogP contribution in [-0.2, 0) is 16.7 Å². The molecule has 0 radical (unpaired) electrons. The fourth-order valence-corrected chi connectivity index (χ4v) is 4.38. The fourth-order valence-electron chi connectivity index (χ4n) is 3.15. The average molecular weight is 296 g/mol. The molecule has 1 fully saturated rings. The van der Waals surface area contributed by atoms with Crippen LogP contribution in [-0.4, -0.2) is 25.2 Å². The van der Waals surface area contributed by atoms with Crippen LogP contribution in [0.25, 0.3) is 0 Å². The van der Waals surface area contributed by atoms with Gasteiger partial charge in [0.1, 0.15) is 5.01 Å². The summed E-state index contributed by atoms with van der Waals surface area (Å²) in [4.78, 5) is 6.35. The first-order valence-electron chi connectivity index (χ1n) is 7.92. The van der Waals surface area contributed by atoms with Crippen LogP contribution in [0.15, 0.2) is 0 Å². The Morgan fingerprint density at radius 3 is 2.50 bits per heavy atom. The van der Waals surface area contributed by atoms with E-state index in [-0.39, 0.29) is 5.54 Å². The highest BCUT2D eigenvalue weighted by Crippen LogP contribution is 2.38. The van der Waals surface area contributed by atoms with E-state index in [4.69, 9.17) is 9.72 Å². The van der Waals surface area contributed by atoms with Crippen LogP contribution in [0.3, 0.4) is 0 Å². The van der Waals surface area contributed by atoms with Gasteiger partial charge in [-0.05, 0) is 26.2 Å². The first-order chi connectivity index (χ1) is 9.72. The van der Waals surface area contributed by atoms with Gasteiger partial charge in [-0.1, -0.05) is 32.6 Å². The second kappa shape index (κ2) is 7.53. The molecule has 1 aliphatic carbocycles. The van der Waals surface area contributed by atoms with Crippen molar-refractivity contribution in [3.8, 4) is 0 Å². The molecule has 1 aromatic heterocycles. The van der Waals surface area contributed by atoms with Gasteiger partial charge in [-0.2, -0.15) is 0 Å². The molecule has 3 nitrogen and oxygen atoms in total. The number of hydrogen-bond donors (Lipinski definition) is 1. The predicted octanol–water partition coefficient (Wildman–Crippen LogP) is 3.80. The van der Waals surface area contributed by atoms with Crippen LogP contribution in [0.2, 0.25) is 0 Å². The number of nitrogens with one attached hydrogen (secondary N) is 1. The van der Waals surface area contributed by atoms with Gasteiger partial charge < -0.3 is 10.1 Å². The Morgan fingerprint density at radius 2 is 1.95 bits per heavy atom. The summed E-state index contributed by atoms with van der Waals surface area (Å²) in [5, 5.41) is 5.09. The van der Waals surface area contributed by atoms with E-state index in [1.807, 2.05) is 11.3 Å². The maximum atomic E-state index is 5.22. The molecule has 2 rings (SSSR count). The predicted molar refractivity (Wildman–Crippen MR) is 85.5 cm³/mol. The summed E-state index contributed by atoms with van der Waals surface area (Å²) >= 11 is 1.90. The quantitative estimate of drug-likeness (QED) is 0.640. The van der Waals surface area contributed by atoms with Crippen molar-refractivity contribution in [1.82, 2.24) is 10.3 Å². The third-order valence-electron chi connectivity index (χ3n) is 4.36. The fraction of sp³-hybridized carbons (Fsp3) is 0.812. The van der Waals surface area contributed by atoms with Crippen LogP contribution in [0.4, 0.5) is 0 Å². The van der Waals surface area contributed by atoms with Crippen molar-refractivity contribution in [3.63, 3.8) is 0 Å². The van der Waals surface area contributed by atoms with E-state index >= 15 is 0 Å². The van der Waals surface area contributed by atoms with Gasteiger partial charge >= 0.3 is 0 Å². The van der Waals surface area contributed by atoms with Gasteiger partial charge in [0.25, 0.3) is 0 Å². The van der Waals surface area contributed by atoms with Crippen molar-refractivity contribution in [2.45, 2.75) is 64.3 Å². The summed E-state index contributed by atoms with van der Waals surface area (Å²) in [7, 11) is 1.77. The Hall–Kier alpha value is -0.450. The number of aryl methyl sites for hydroxylation is 2. The summed E-state index contributed by atoms with van der Waals surface area (Å²) in [6.45, 7) is 6.09. The molecule has 20 heavy (non-hydrogen) atoms. The molecule has 1 heterocycles. The molecule has 0 aromatic carbocycles. The Labute approximate surface area is 127 Å². The van der Waals surface area contributed by atoms with Crippen molar-refractivity contribution in [3.05, 3.63) is 15.6 Å². The van der Waals surface area contributed by atoms with Gasteiger partial charge in [0.2, 0.25) is 0 Å². The topological polar surface area (TPSA) is 34.2 Å². The molecule has 0 amide bonds. The minimum Gasteiger partial charge on any atom is -0.383 e. The molecular formula is C16H28N2OS. The standard InChI is InChI=1S/C16H28N2OS/c1-4-14-13(2)20-15(18-14)16(17-11-12-19-3)9-7-5-6-8-10-16/h17H,4-12H2,1-3H3. The van der Waals surface area contributed by atoms with E-state index < -0.39 is 0 Å². The van der Waals surface area contributed by atoms with Crippen molar-refractivity contribution in [1.29, 1.82) is 0 Å². The third kappa shape index (κ3) is 3.60. The van der Waals surface area contributed by atoms with Crippen molar-refractivity contribution < 1.29 is 4.74 Å². The third-order valence-corrected chi connectivity index (χ3v) is 5.58. The molecule has 1 aliphatic rings. The molecule has 4 heteroatoms. The minimum absolute atomic E-state index is 0.0951. The van der Waals surface area contributed by atoms with Crippen LogP contribution in [0.1, 0.15) is 61.0 Å². The summed E-state index contributed by atoms with van der Waals surface area (Å²) in [5.74, 6) is 0. The maximum Gasteiger partial charge on any atom is 0.113 e. The molecule has 0 unspecified atom stereocenters.